The Hall–Kier alpha value is -2.37. The molecule has 0 saturated heterocycles. The first-order valence-electron chi connectivity index (χ1n) is 5.97. The zero-order chi connectivity index (χ0) is 14.2. The lowest BCUT2D eigenvalue weighted by atomic mass is 10.2. The molecule has 2 aromatic heterocycles. The summed E-state index contributed by atoms with van der Waals surface area (Å²) in [7, 11) is 0. The van der Waals surface area contributed by atoms with Crippen LogP contribution in [0.1, 0.15) is 11.3 Å². The number of para-hydroxylation sites is 1. The number of benzene rings is 1. The zero-order valence-electron chi connectivity index (χ0n) is 10.3. The second-order valence-electron chi connectivity index (χ2n) is 4.40. The Bertz CT molecular complexity index is 729. The normalized spacial score (nSPS) is 11.9. The van der Waals surface area contributed by atoms with Gasteiger partial charge in [0.05, 0.1) is 29.5 Å². The fraction of sp³-hybridized carbons (Fsp3) is 0.143. The van der Waals surface area contributed by atoms with E-state index < -0.39 is 11.7 Å². The van der Waals surface area contributed by atoms with Gasteiger partial charge in [0.15, 0.2) is 0 Å². The lowest BCUT2D eigenvalue weighted by molar-refractivity contribution is -0.137. The van der Waals surface area contributed by atoms with E-state index in [1.807, 2.05) is 24.3 Å². The number of hydrogen-bond acceptors (Lipinski definition) is 2. The first-order valence-corrected chi connectivity index (χ1v) is 5.97. The summed E-state index contributed by atoms with van der Waals surface area (Å²) in [6.07, 6.45) is -1.79. The lowest BCUT2D eigenvalue weighted by Crippen LogP contribution is -2.08. The van der Waals surface area contributed by atoms with E-state index in [4.69, 9.17) is 0 Å². The lowest BCUT2D eigenvalue weighted by Gasteiger charge is -2.07. The van der Waals surface area contributed by atoms with Crippen molar-refractivity contribution >= 4 is 10.9 Å². The SMILES string of the molecule is FC(F)(F)c1ccc(Cn2ncc3ccccc32)nc1. The molecule has 0 saturated carbocycles. The largest absolute Gasteiger partial charge is 0.417 e. The second kappa shape index (κ2) is 4.63. The molecule has 0 N–H and O–H groups in total. The van der Waals surface area contributed by atoms with Gasteiger partial charge in [0.25, 0.3) is 0 Å². The number of hydrogen-bond donors (Lipinski definition) is 0. The summed E-state index contributed by atoms with van der Waals surface area (Å²) >= 11 is 0. The average molecular weight is 277 g/mol. The molecule has 0 fully saturated rings. The Balaban J connectivity index is 1.88. The van der Waals surface area contributed by atoms with Crippen LogP contribution in [-0.4, -0.2) is 14.8 Å². The molecule has 102 valence electrons. The van der Waals surface area contributed by atoms with Crippen LogP contribution in [0, 0.1) is 0 Å². The summed E-state index contributed by atoms with van der Waals surface area (Å²) < 4.78 is 39.1. The number of alkyl halides is 3. The quantitative estimate of drug-likeness (QED) is 0.717. The molecule has 3 nitrogen and oxygen atoms in total. The van der Waals surface area contributed by atoms with Gasteiger partial charge in [0.1, 0.15) is 0 Å². The van der Waals surface area contributed by atoms with Gasteiger partial charge in [-0.25, -0.2) is 0 Å². The predicted molar refractivity (Wildman–Crippen MR) is 68.1 cm³/mol. The molecule has 1 aromatic carbocycles. The summed E-state index contributed by atoms with van der Waals surface area (Å²) in [5.41, 5.74) is 0.715. The van der Waals surface area contributed by atoms with Crippen LogP contribution in [-0.2, 0) is 12.7 Å². The molecule has 0 aliphatic heterocycles. The summed E-state index contributed by atoms with van der Waals surface area (Å²) in [5.74, 6) is 0. The van der Waals surface area contributed by atoms with Gasteiger partial charge in [0, 0.05) is 11.6 Å². The molecule has 20 heavy (non-hydrogen) atoms. The fourth-order valence-corrected chi connectivity index (χ4v) is 1.99. The maximum atomic E-state index is 12.4. The maximum absolute atomic E-state index is 12.4. The first kappa shape index (κ1) is 12.7. The molecule has 0 aliphatic carbocycles. The fourth-order valence-electron chi connectivity index (χ4n) is 1.99. The minimum absolute atomic E-state index is 0.339. The highest BCUT2D eigenvalue weighted by Crippen LogP contribution is 2.28. The van der Waals surface area contributed by atoms with Gasteiger partial charge in [-0.15, -0.1) is 0 Å². The molecule has 0 aliphatic rings. The standard InChI is InChI=1S/C14H10F3N3/c15-14(16,17)11-5-6-12(18-8-11)9-20-13-4-2-1-3-10(13)7-19-20/h1-8H,9H2. The van der Waals surface area contributed by atoms with E-state index in [-0.39, 0.29) is 0 Å². The molecule has 0 bridgehead atoms. The van der Waals surface area contributed by atoms with Gasteiger partial charge in [-0.05, 0) is 18.2 Å². The van der Waals surface area contributed by atoms with Crippen molar-refractivity contribution < 1.29 is 13.2 Å². The Morgan fingerprint density at radius 3 is 2.50 bits per heavy atom. The molecular formula is C14H10F3N3. The number of halogens is 3. The zero-order valence-corrected chi connectivity index (χ0v) is 10.3. The van der Waals surface area contributed by atoms with E-state index in [2.05, 4.69) is 10.1 Å². The Morgan fingerprint density at radius 2 is 1.80 bits per heavy atom. The number of aromatic nitrogens is 3. The minimum Gasteiger partial charge on any atom is -0.259 e. The third-order valence-electron chi connectivity index (χ3n) is 3.01. The molecule has 2 heterocycles. The van der Waals surface area contributed by atoms with Crippen LogP contribution in [0.2, 0.25) is 0 Å². The van der Waals surface area contributed by atoms with Crippen molar-refractivity contribution in [2.24, 2.45) is 0 Å². The monoisotopic (exact) mass is 277 g/mol. The van der Waals surface area contributed by atoms with Gasteiger partial charge in [-0.1, -0.05) is 18.2 Å². The number of nitrogens with zero attached hydrogens (tertiary/aromatic N) is 3. The molecule has 0 radical (unpaired) electrons. The van der Waals surface area contributed by atoms with Crippen molar-refractivity contribution in [2.75, 3.05) is 0 Å². The third kappa shape index (κ3) is 2.36. The summed E-state index contributed by atoms with van der Waals surface area (Å²) in [4.78, 5) is 3.85. The Labute approximate surface area is 112 Å². The van der Waals surface area contributed by atoms with E-state index in [0.717, 1.165) is 23.2 Å². The smallest absolute Gasteiger partial charge is 0.259 e. The van der Waals surface area contributed by atoms with Crippen molar-refractivity contribution in [3.63, 3.8) is 0 Å². The summed E-state index contributed by atoms with van der Waals surface area (Å²) in [6, 6.07) is 10.0. The van der Waals surface area contributed by atoms with E-state index in [1.54, 1.807) is 10.9 Å². The first-order chi connectivity index (χ1) is 9.54. The van der Waals surface area contributed by atoms with E-state index in [1.165, 1.54) is 6.07 Å². The highest BCUT2D eigenvalue weighted by molar-refractivity contribution is 5.78. The maximum Gasteiger partial charge on any atom is 0.417 e. The highest BCUT2D eigenvalue weighted by Gasteiger charge is 2.30. The highest BCUT2D eigenvalue weighted by atomic mass is 19.4. The van der Waals surface area contributed by atoms with Crippen LogP contribution in [0.5, 0.6) is 0 Å². The van der Waals surface area contributed by atoms with Gasteiger partial charge < -0.3 is 0 Å². The minimum atomic E-state index is -4.36. The van der Waals surface area contributed by atoms with Gasteiger partial charge in [-0.3, -0.25) is 9.67 Å². The molecule has 6 heteroatoms. The van der Waals surface area contributed by atoms with Crippen LogP contribution in [0.25, 0.3) is 10.9 Å². The van der Waals surface area contributed by atoms with E-state index in [9.17, 15) is 13.2 Å². The molecule has 3 rings (SSSR count). The molecular weight excluding hydrogens is 267 g/mol. The number of pyridine rings is 1. The molecule has 0 spiro atoms. The van der Waals surface area contributed by atoms with Gasteiger partial charge in [-0.2, -0.15) is 18.3 Å². The van der Waals surface area contributed by atoms with Crippen LogP contribution in [0.3, 0.4) is 0 Å². The molecule has 0 amide bonds. The van der Waals surface area contributed by atoms with E-state index in [0.29, 0.717) is 12.2 Å². The molecule has 0 atom stereocenters. The third-order valence-corrected chi connectivity index (χ3v) is 3.01. The van der Waals surface area contributed by atoms with Crippen molar-refractivity contribution in [2.45, 2.75) is 12.7 Å². The van der Waals surface area contributed by atoms with Crippen LogP contribution < -0.4 is 0 Å². The summed E-state index contributed by atoms with van der Waals surface area (Å²) in [5, 5.41) is 5.20. The predicted octanol–water partition coefficient (Wildman–Crippen LogP) is 3.50. The molecule has 3 aromatic rings. The number of fused-ring (bicyclic) bond motifs is 1. The van der Waals surface area contributed by atoms with Crippen molar-refractivity contribution in [1.29, 1.82) is 0 Å². The van der Waals surface area contributed by atoms with Crippen molar-refractivity contribution in [3.8, 4) is 0 Å². The van der Waals surface area contributed by atoms with Gasteiger partial charge in [0.2, 0.25) is 0 Å². The Morgan fingerprint density at radius 1 is 1.00 bits per heavy atom. The Kier molecular flexibility index (Phi) is 2.93. The van der Waals surface area contributed by atoms with Crippen LogP contribution >= 0.6 is 0 Å². The number of rotatable bonds is 2. The van der Waals surface area contributed by atoms with Crippen molar-refractivity contribution in [3.05, 3.63) is 60.0 Å². The van der Waals surface area contributed by atoms with Crippen molar-refractivity contribution in [1.82, 2.24) is 14.8 Å². The second-order valence-corrected chi connectivity index (χ2v) is 4.40. The topological polar surface area (TPSA) is 30.7 Å². The van der Waals surface area contributed by atoms with Crippen LogP contribution in [0.4, 0.5) is 13.2 Å². The average Bonchev–Trinajstić information content (AvgIpc) is 2.82. The van der Waals surface area contributed by atoms with Gasteiger partial charge >= 0.3 is 6.18 Å². The van der Waals surface area contributed by atoms with Crippen LogP contribution in [0.15, 0.2) is 48.8 Å². The molecule has 0 unspecified atom stereocenters. The van der Waals surface area contributed by atoms with E-state index >= 15 is 0 Å². The summed E-state index contributed by atoms with van der Waals surface area (Å²) in [6.45, 7) is 0.339.